The van der Waals surface area contributed by atoms with Gasteiger partial charge in [-0.15, -0.1) is 0 Å². The third-order valence-corrected chi connectivity index (χ3v) is 8.10. The van der Waals surface area contributed by atoms with Crippen molar-refractivity contribution in [3.05, 3.63) is 0 Å². The van der Waals surface area contributed by atoms with Gasteiger partial charge in [-0.05, 0) is 37.5 Å². The summed E-state index contributed by atoms with van der Waals surface area (Å²) in [5.74, 6) is 1.02. The van der Waals surface area contributed by atoms with Crippen LogP contribution < -0.4 is 0 Å². The molecule has 0 aliphatic carbocycles. The number of hydrogen-bond acceptors (Lipinski definition) is 4. The fourth-order valence-electron chi connectivity index (χ4n) is 5.24. The molecule has 39 heavy (non-hydrogen) atoms. The smallest absolute Gasteiger partial charge is 0.306 e. The van der Waals surface area contributed by atoms with E-state index in [-0.39, 0.29) is 11.9 Å². The summed E-state index contributed by atoms with van der Waals surface area (Å²) in [4.78, 5) is 23.9. The highest BCUT2D eigenvalue weighted by Gasteiger charge is 2.18. The number of hydrogen-bond donors (Lipinski definition) is 0. The topological polar surface area (TPSA) is 52.6 Å². The Morgan fingerprint density at radius 3 is 1.31 bits per heavy atom. The van der Waals surface area contributed by atoms with E-state index in [0.717, 1.165) is 32.1 Å². The number of unbranched alkanes of at least 4 members (excludes halogenated alkanes) is 19. The Morgan fingerprint density at radius 1 is 0.487 bits per heavy atom. The van der Waals surface area contributed by atoms with Crippen molar-refractivity contribution in [2.75, 3.05) is 13.2 Å². The summed E-state index contributed by atoms with van der Waals surface area (Å²) in [5, 5.41) is 0. The van der Waals surface area contributed by atoms with Crippen molar-refractivity contribution >= 4 is 11.9 Å². The number of ether oxygens (including phenoxy) is 2. The van der Waals surface area contributed by atoms with E-state index in [4.69, 9.17) is 9.47 Å². The van der Waals surface area contributed by atoms with E-state index in [2.05, 4.69) is 27.7 Å². The lowest BCUT2D eigenvalue weighted by Crippen LogP contribution is -2.17. The van der Waals surface area contributed by atoms with Gasteiger partial charge in [-0.1, -0.05) is 150 Å². The first-order valence-corrected chi connectivity index (χ1v) is 17.3. The second-order valence-electron chi connectivity index (χ2n) is 12.3. The SMILES string of the molecule is CCCCCCOC(=O)CCCCCCCCCCCCCCCCC(CC(=O)OCCCCCC)C(C)C. The van der Waals surface area contributed by atoms with Crippen LogP contribution in [0.3, 0.4) is 0 Å². The normalized spacial score (nSPS) is 12.1. The van der Waals surface area contributed by atoms with Crippen LogP contribution in [0.15, 0.2) is 0 Å². The molecule has 1 unspecified atom stereocenters. The summed E-state index contributed by atoms with van der Waals surface area (Å²) in [7, 11) is 0. The van der Waals surface area contributed by atoms with Gasteiger partial charge < -0.3 is 9.47 Å². The summed E-state index contributed by atoms with van der Waals surface area (Å²) < 4.78 is 10.8. The Morgan fingerprint density at radius 2 is 0.872 bits per heavy atom. The molecular weight excluding hydrogens is 484 g/mol. The first-order chi connectivity index (χ1) is 19.0. The molecule has 0 spiro atoms. The predicted octanol–water partition coefficient (Wildman–Crippen LogP) is 11.1. The van der Waals surface area contributed by atoms with E-state index < -0.39 is 0 Å². The van der Waals surface area contributed by atoms with Gasteiger partial charge in [0.25, 0.3) is 0 Å². The largest absolute Gasteiger partial charge is 0.466 e. The summed E-state index contributed by atoms with van der Waals surface area (Å²) in [6.45, 7) is 10.1. The highest BCUT2D eigenvalue weighted by molar-refractivity contribution is 5.69. The first-order valence-electron chi connectivity index (χ1n) is 17.3. The van der Waals surface area contributed by atoms with Crippen LogP contribution in [-0.4, -0.2) is 25.2 Å². The molecule has 0 amide bonds. The molecule has 0 rings (SSSR count). The molecule has 4 nitrogen and oxygen atoms in total. The monoisotopic (exact) mass is 553 g/mol. The minimum Gasteiger partial charge on any atom is -0.466 e. The van der Waals surface area contributed by atoms with Crippen LogP contribution in [0, 0.1) is 11.8 Å². The highest BCUT2D eigenvalue weighted by atomic mass is 16.5. The van der Waals surface area contributed by atoms with Gasteiger partial charge in [-0.2, -0.15) is 0 Å². The molecule has 0 aromatic rings. The Labute approximate surface area is 244 Å². The van der Waals surface area contributed by atoms with Gasteiger partial charge in [-0.25, -0.2) is 0 Å². The van der Waals surface area contributed by atoms with Gasteiger partial charge >= 0.3 is 11.9 Å². The first kappa shape index (κ1) is 37.9. The third kappa shape index (κ3) is 28.3. The van der Waals surface area contributed by atoms with E-state index >= 15 is 0 Å². The van der Waals surface area contributed by atoms with Crippen LogP contribution in [0.1, 0.15) is 188 Å². The van der Waals surface area contributed by atoms with Crippen LogP contribution in [0.25, 0.3) is 0 Å². The average Bonchev–Trinajstić information content (AvgIpc) is 2.91. The van der Waals surface area contributed by atoms with Crippen molar-refractivity contribution in [1.82, 2.24) is 0 Å². The Balaban J connectivity index is 3.45. The summed E-state index contributed by atoms with van der Waals surface area (Å²) in [6.07, 6.45) is 29.7. The van der Waals surface area contributed by atoms with Crippen molar-refractivity contribution in [1.29, 1.82) is 0 Å². The zero-order valence-corrected chi connectivity index (χ0v) is 26.9. The van der Waals surface area contributed by atoms with Gasteiger partial charge in [0.05, 0.1) is 13.2 Å². The fraction of sp³-hybridized carbons (Fsp3) is 0.943. The lowest BCUT2D eigenvalue weighted by molar-refractivity contribution is -0.145. The molecule has 0 aliphatic heterocycles. The van der Waals surface area contributed by atoms with E-state index in [9.17, 15) is 9.59 Å². The van der Waals surface area contributed by atoms with Crippen molar-refractivity contribution in [2.45, 2.75) is 188 Å². The molecule has 4 heteroatoms. The molecule has 0 aliphatic rings. The maximum absolute atomic E-state index is 12.2. The Bertz CT molecular complexity index is 531. The van der Waals surface area contributed by atoms with Crippen LogP contribution in [-0.2, 0) is 19.1 Å². The highest BCUT2D eigenvalue weighted by Crippen LogP contribution is 2.24. The molecular formula is C35H68O4. The van der Waals surface area contributed by atoms with Gasteiger partial charge in [0.15, 0.2) is 0 Å². The molecule has 0 saturated heterocycles. The van der Waals surface area contributed by atoms with Gasteiger partial charge in [0, 0.05) is 12.8 Å². The van der Waals surface area contributed by atoms with Crippen molar-refractivity contribution in [2.24, 2.45) is 11.8 Å². The van der Waals surface area contributed by atoms with Crippen molar-refractivity contribution < 1.29 is 19.1 Å². The Hall–Kier alpha value is -1.06. The third-order valence-electron chi connectivity index (χ3n) is 8.10. The molecule has 0 saturated carbocycles. The summed E-state index contributed by atoms with van der Waals surface area (Å²) in [6, 6.07) is 0. The minimum atomic E-state index is -0.00311. The second-order valence-corrected chi connectivity index (χ2v) is 12.3. The van der Waals surface area contributed by atoms with E-state index in [1.165, 1.54) is 116 Å². The maximum Gasteiger partial charge on any atom is 0.306 e. The zero-order chi connectivity index (χ0) is 28.8. The predicted molar refractivity (Wildman–Crippen MR) is 167 cm³/mol. The molecule has 0 heterocycles. The lowest BCUT2D eigenvalue weighted by Gasteiger charge is -2.20. The summed E-state index contributed by atoms with van der Waals surface area (Å²) in [5.41, 5.74) is 0. The maximum atomic E-state index is 12.2. The number of carbonyl (C=O) groups is 2. The molecule has 0 aromatic heterocycles. The molecule has 0 radical (unpaired) electrons. The van der Waals surface area contributed by atoms with Gasteiger partial charge in [-0.3, -0.25) is 9.59 Å². The molecule has 1 atom stereocenters. The number of esters is 2. The minimum absolute atomic E-state index is 0.00311. The van der Waals surface area contributed by atoms with Crippen LogP contribution in [0.5, 0.6) is 0 Å². The summed E-state index contributed by atoms with van der Waals surface area (Å²) >= 11 is 0. The van der Waals surface area contributed by atoms with Crippen LogP contribution in [0.2, 0.25) is 0 Å². The quantitative estimate of drug-likeness (QED) is 0.0656. The average molecular weight is 553 g/mol. The van der Waals surface area contributed by atoms with E-state index in [1.807, 2.05) is 0 Å². The Kier molecular flexibility index (Phi) is 29.1. The van der Waals surface area contributed by atoms with Gasteiger partial charge in [0.2, 0.25) is 0 Å². The molecule has 0 fully saturated rings. The number of carbonyl (C=O) groups excluding carboxylic acids is 2. The van der Waals surface area contributed by atoms with Crippen LogP contribution in [0.4, 0.5) is 0 Å². The molecule has 232 valence electrons. The van der Waals surface area contributed by atoms with Gasteiger partial charge in [0.1, 0.15) is 0 Å². The molecule has 0 aromatic carbocycles. The lowest BCUT2D eigenvalue weighted by atomic mass is 9.87. The molecule has 0 N–H and O–H groups in total. The molecule has 0 bridgehead atoms. The van der Waals surface area contributed by atoms with Crippen molar-refractivity contribution in [3.8, 4) is 0 Å². The standard InChI is InChI=1S/C35H68O4/c1-5-7-9-25-29-38-34(36)28-24-22-20-18-16-14-12-11-13-15-17-19-21-23-27-33(32(3)4)31-35(37)39-30-26-10-8-6-2/h32-33H,5-31H2,1-4H3. The van der Waals surface area contributed by atoms with Crippen LogP contribution >= 0.6 is 0 Å². The number of rotatable bonds is 30. The fourth-order valence-corrected chi connectivity index (χ4v) is 5.24. The van der Waals surface area contributed by atoms with E-state index in [0.29, 0.717) is 37.9 Å². The second kappa shape index (κ2) is 29.9. The van der Waals surface area contributed by atoms with Crippen molar-refractivity contribution in [3.63, 3.8) is 0 Å². The van der Waals surface area contributed by atoms with E-state index in [1.54, 1.807) is 0 Å². The zero-order valence-electron chi connectivity index (χ0n) is 26.9.